The van der Waals surface area contributed by atoms with Crippen LogP contribution in [0.2, 0.25) is 0 Å². The van der Waals surface area contributed by atoms with Crippen LogP contribution in [0.15, 0.2) is 40.2 Å². The maximum Gasteiger partial charge on any atom is 0.332 e. The van der Waals surface area contributed by atoms with E-state index in [1.807, 2.05) is 0 Å². The predicted molar refractivity (Wildman–Crippen MR) is 105 cm³/mol. The molecular formula is C19H20FN5O5. The van der Waals surface area contributed by atoms with Crippen LogP contribution in [-0.2, 0) is 35.0 Å². The monoisotopic (exact) mass is 417 g/mol. The van der Waals surface area contributed by atoms with Gasteiger partial charge in [0.1, 0.15) is 5.82 Å². The molecule has 0 unspecified atom stereocenters. The Morgan fingerprint density at radius 2 is 1.90 bits per heavy atom. The molecule has 0 spiro atoms. The van der Waals surface area contributed by atoms with Crippen molar-refractivity contribution in [1.82, 2.24) is 18.7 Å². The lowest BCUT2D eigenvalue weighted by molar-refractivity contribution is -0.147. The second-order valence-electron chi connectivity index (χ2n) is 6.61. The number of rotatable bonds is 7. The first-order chi connectivity index (χ1) is 14.3. The third-order valence-electron chi connectivity index (χ3n) is 4.51. The number of halogens is 1. The van der Waals surface area contributed by atoms with Gasteiger partial charge in [-0.2, -0.15) is 0 Å². The van der Waals surface area contributed by atoms with Gasteiger partial charge in [-0.3, -0.25) is 23.5 Å². The zero-order chi connectivity index (χ0) is 21.8. The molecule has 0 bridgehead atoms. The van der Waals surface area contributed by atoms with Crippen molar-refractivity contribution in [2.45, 2.75) is 19.4 Å². The van der Waals surface area contributed by atoms with Gasteiger partial charge in [0, 0.05) is 27.1 Å². The summed E-state index contributed by atoms with van der Waals surface area (Å²) in [5.74, 6) is -1.85. The summed E-state index contributed by atoms with van der Waals surface area (Å²) in [5, 5.41) is 2.32. The summed E-state index contributed by atoms with van der Waals surface area (Å²) >= 11 is 0. The number of imidazole rings is 1. The number of benzene rings is 1. The Labute approximate surface area is 169 Å². The fourth-order valence-electron chi connectivity index (χ4n) is 2.93. The topological polar surface area (TPSA) is 117 Å². The fraction of sp³-hybridized carbons (Fsp3) is 0.316. The quantitative estimate of drug-likeness (QED) is 0.561. The molecule has 0 atom stereocenters. The number of para-hydroxylation sites is 1. The molecule has 0 saturated heterocycles. The Bertz CT molecular complexity index is 1230. The highest BCUT2D eigenvalue weighted by Crippen LogP contribution is 2.12. The van der Waals surface area contributed by atoms with Crippen molar-refractivity contribution in [3.63, 3.8) is 0 Å². The maximum absolute atomic E-state index is 13.5. The number of anilines is 1. The summed E-state index contributed by atoms with van der Waals surface area (Å²) < 4.78 is 22.2. The minimum Gasteiger partial charge on any atom is -0.456 e. The van der Waals surface area contributed by atoms with Crippen molar-refractivity contribution in [2.75, 3.05) is 11.9 Å². The first-order valence-corrected chi connectivity index (χ1v) is 9.10. The van der Waals surface area contributed by atoms with Crippen LogP contribution in [0.5, 0.6) is 0 Å². The summed E-state index contributed by atoms with van der Waals surface area (Å²) in [5.41, 5.74) is -0.428. The molecule has 1 amide bonds. The van der Waals surface area contributed by atoms with Crippen LogP contribution in [0.1, 0.15) is 12.8 Å². The number of esters is 1. The smallest absolute Gasteiger partial charge is 0.332 e. The first kappa shape index (κ1) is 21.0. The third-order valence-corrected chi connectivity index (χ3v) is 4.51. The minimum absolute atomic E-state index is 0.00126. The molecule has 3 rings (SSSR count). The molecule has 0 saturated carbocycles. The van der Waals surface area contributed by atoms with E-state index < -0.39 is 35.5 Å². The normalized spacial score (nSPS) is 10.9. The Hall–Kier alpha value is -3.76. The number of amides is 1. The molecule has 11 heteroatoms. The van der Waals surface area contributed by atoms with Gasteiger partial charge in [-0.05, 0) is 18.6 Å². The number of nitrogens with zero attached hydrogens (tertiary/aromatic N) is 4. The second-order valence-corrected chi connectivity index (χ2v) is 6.61. The molecule has 0 radical (unpaired) electrons. The Morgan fingerprint density at radius 3 is 2.63 bits per heavy atom. The predicted octanol–water partition coefficient (Wildman–Crippen LogP) is 0.535. The zero-order valence-electron chi connectivity index (χ0n) is 16.4. The van der Waals surface area contributed by atoms with Crippen molar-refractivity contribution >= 4 is 28.7 Å². The molecule has 0 aliphatic rings. The number of carbonyl (C=O) groups is 2. The van der Waals surface area contributed by atoms with Gasteiger partial charge < -0.3 is 14.6 Å². The summed E-state index contributed by atoms with van der Waals surface area (Å²) in [6, 6.07) is 5.65. The number of hydrogen-bond donors (Lipinski definition) is 1. The molecule has 0 aliphatic heterocycles. The van der Waals surface area contributed by atoms with Crippen LogP contribution >= 0.6 is 0 Å². The van der Waals surface area contributed by atoms with Crippen LogP contribution in [-0.4, -0.2) is 37.2 Å². The third kappa shape index (κ3) is 4.29. The Morgan fingerprint density at radius 1 is 1.17 bits per heavy atom. The van der Waals surface area contributed by atoms with Crippen molar-refractivity contribution in [3.8, 4) is 0 Å². The van der Waals surface area contributed by atoms with E-state index in [2.05, 4.69) is 10.3 Å². The van der Waals surface area contributed by atoms with E-state index in [1.54, 1.807) is 10.6 Å². The standard InChI is InChI=1S/C19H20FN5O5/c1-23-17-16(18(28)24(2)19(23)29)25(11-21-17)9-5-8-15(27)30-10-14(26)22-13-7-4-3-6-12(13)20/h3-4,6-7,11H,5,8-10H2,1-2H3,(H,22,26). The summed E-state index contributed by atoms with van der Waals surface area (Å²) in [7, 11) is 2.90. The molecule has 2 aromatic heterocycles. The molecule has 30 heavy (non-hydrogen) atoms. The van der Waals surface area contributed by atoms with E-state index in [0.717, 1.165) is 4.57 Å². The lowest BCUT2D eigenvalue weighted by atomic mass is 10.3. The van der Waals surface area contributed by atoms with Gasteiger partial charge in [0.2, 0.25) is 0 Å². The van der Waals surface area contributed by atoms with Gasteiger partial charge in [0.05, 0.1) is 12.0 Å². The summed E-state index contributed by atoms with van der Waals surface area (Å²) in [6.45, 7) is -0.246. The average Bonchev–Trinajstić information content (AvgIpc) is 3.15. The van der Waals surface area contributed by atoms with E-state index in [-0.39, 0.29) is 23.3 Å². The van der Waals surface area contributed by atoms with Crippen LogP contribution in [0.4, 0.5) is 10.1 Å². The Balaban J connectivity index is 1.53. The number of ether oxygens (including phenoxy) is 1. The van der Waals surface area contributed by atoms with Gasteiger partial charge >= 0.3 is 11.7 Å². The van der Waals surface area contributed by atoms with Gasteiger partial charge in [0.25, 0.3) is 11.5 Å². The summed E-state index contributed by atoms with van der Waals surface area (Å²) in [6.07, 6.45) is 1.75. The molecule has 1 N–H and O–H groups in total. The number of carbonyl (C=O) groups excluding carboxylic acids is 2. The van der Waals surface area contributed by atoms with Gasteiger partial charge in [-0.1, -0.05) is 12.1 Å². The van der Waals surface area contributed by atoms with Crippen LogP contribution < -0.4 is 16.6 Å². The summed E-state index contributed by atoms with van der Waals surface area (Å²) in [4.78, 5) is 52.0. The van der Waals surface area contributed by atoms with Gasteiger partial charge in [0.15, 0.2) is 17.8 Å². The number of aryl methyl sites for hydroxylation is 2. The van der Waals surface area contributed by atoms with E-state index in [9.17, 15) is 23.6 Å². The van der Waals surface area contributed by atoms with Gasteiger partial charge in [-0.25, -0.2) is 14.2 Å². The number of nitrogens with one attached hydrogen (secondary N) is 1. The zero-order valence-corrected chi connectivity index (χ0v) is 16.4. The van der Waals surface area contributed by atoms with Crippen LogP contribution in [0, 0.1) is 5.82 Å². The maximum atomic E-state index is 13.5. The number of hydrogen-bond acceptors (Lipinski definition) is 6. The SMILES string of the molecule is Cn1c(=O)c2c(ncn2CCCC(=O)OCC(=O)Nc2ccccc2F)n(C)c1=O. The van der Waals surface area contributed by atoms with Crippen LogP contribution in [0.3, 0.4) is 0 Å². The second kappa shape index (κ2) is 8.72. The van der Waals surface area contributed by atoms with Crippen LogP contribution in [0.25, 0.3) is 11.2 Å². The van der Waals surface area contributed by atoms with Gasteiger partial charge in [-0.15, -0.1) is 0 Å². The highest BCUT2D eigenvalue weighted by atomic mass is 19.1. The van der Waals surface area contributed by atoms with E-state index >= 15 is 0 Å². The molecule has 0 fully saturated rings. The molecule has 1 aromatic carbocycles. The van der Waals surface area contributed by atoms with Crippen molar-refractivity contribution in [2.24, 2.45) is 14.1 Å². The molecule has 0 aliphatic carbocycles. The molecule has 10 nitrogen and oxygen atoms in total. The van der Waals surface area contributed by atoms with Crippen molar-refractivity contribution < 1.29 is 18.7 Å². The molecule has 3 aromatic rings. The highest BCUT2D eigenvalue weighted by Gasteiger charge is 2.15. The lowest BCUT2D eigenvalue weighted by Crippen LogP contribution is -2.37. The fourth-order valence-corrected chi connectivity index (χ4v) is 2.93. The number of aromatic nitrogens is 4. The molecule has 2 heterocycles. The van der Waals surface area contributed by atoms with Crippen molar-refractivity contribution in [1.29, 1.82) is 0 Å². The number of fused-ring (bicyclic) bond motifs is 1. The molecular weight excluding hydrogens is 397 g/mol. The first-order valence-electron chi connectivity index (χ1n) is 9.10. The molecule has 158 valence electrons. The lowest BCUT2D eigenvalue weighted by Gasteiger charge is -2.08. The average molecular weight is 417 g/mol. The highest BCUT2D eigenvalue weighted by molar-refractivity contribution is 5.92. The minimum atomic E-state index is -0.654. The largest absolute Gasteiger partial charge is 0.456 e. The van der Waals surface area contributed by atoms with E-state index in [4.69, 9.17) is 4.74 Å². The Kier molecular flexibility index (Phi) is 6.09. The van der Waals surface area contributed by atoms with Crippen molar-refractivity contribution in [3.05, 3.63) is 57.2 Å². The van der Waals surface area contributed by atoms with E-state index in [0.29, 0.717) is 13.0 Å². The van der Waals surface area contributed by atoms with E-state index in [1.165, 1.54) is 43.2 Å².